The van der Waals surface area contributed by atoms with Gasteiger partial charge in [0.15, 0.2) is 0 Å². The van der Waals surface area contributed by atoms with Crippen LogP contribution in [0.4, 0.5) is 0 Å². The molecular formula is C18H19ClN2O3. The Labute approximate surface area is 145 Å². The molecule has 24 heavy (non-hydrogen) atoms. The number of hydrogen-bond acceptors (Lipinski definition) is 3. The number of likely N-dealkylation sites (tertiary alicyclic amines) is 1. The van der Waals surface area contributed by atoms with E-state index >= 15 is 0 Å². The third kappa shape index (κ3) is 3.97. The fourth-order valence-corrected chi connectivity index (χ4v) is 3.07. The average Bonchev–Trinajstić information content (AvgIpc) is 3.13. The van der Waals surface area contributed by atoms with Gasteiger partial charge in [0.1, 0.15) is 5.76 Å². The largest absolute Gasteiger partial charge is 0.467 e. The zero-order chi connectivity index (χ0) is 16.9. The number of benzene rings is 1. The minimum Gasteiger partial charge on any atom is -0.467 e. The van der Waals surface area contributed by atoms with Gasteiger partial charge in [0.2, 0.25) is 5.91 Å². The Morgan fingerprint density at radius 2 is 2.00 bits per heavy atom. The molecule has 0 spiro atoms. The van der Waals surface area contributed by atoms with Crippen molar-refractivity contribution in [3.05, 3.63) is 59.0 Å². The maximum atomic E-state index is 12.5. The van der Waals surface area contributed by atoms with Crippen molar-refractivity contribution in [2.24, 2.45) is 5.92 Å². The molecule has 0 unspecified atom stereocenters. The van der Waals surface area contributed by atoms with Crippen molar-refractivity contribution >= 4 is 23.4 Å². The summed E-state index contributed by atoms with van der Waals surface area (Å²) in [6, 6.07) is 10.6. The van der Waals surface area contributed by atoms with Crippen LogP contribution in [-0.4, -0.2) is 29.8 Å². The van der Waals surface area contributed by atoms with E-state index < -0.39 is 0 Å². The lowest BCUT2D eigenvalue weighted by Gasteiger charge is -2.31. The molecule has 1 fully saturated rings. The highest BCUT2D eigenvalue weighted by molar-refractivity contribution is 6.30. The van der Waals surface area contributed by atoms with Crippen molar-refractivity contribution in [1.29, 1.82) is 0 Å². The predicted molar refractivity (Wildman–Crippen MR) is 90.6 cm³/mol. The van der Waals surface area contributed by atoms with Crippen LogP contribution in [-0.2, 0) is 11.3 Å². The zero-order valence-corrected chi connectivity index (χ0v) is 14.0. The molecule has 1 aliphatic heterocycles. The van der Waals surface area contributed by atoms with Crippen molar-refractivity contribution in [1.82, 2.24) is 10.2 Å². The van der Waals surface area contributed by atoms with Crippen LogP contribution in [0.2, 0.25) is 5.02 Å². The Morgan fingerprint density at radius 3 is 2.67 bits per heavy atom. The number of piperidine rings is 1. The van der Waals surface area contributed by atoms with Gasteiger partial charge in [0.05, 0.1) is 12.8 Å². The standard InChI is InChI=1S/C18H19ClN2O3/c19-15-4-1-3-14(11-15)18(23)21-8-6-13(7-9-21)17(22)20-12-16-5-2-10-24-16/h1-5,10-11,13H,6-9,12H2,(H,20,22). The van der Waals surface area contributed by atoms with E-state index in [0.29, 0.717) is 43.1 Å². The van der Waals surface area contributed by atoms with E-state index in [4.69, 9.17) is 16.0 Å². The first-order chi connectivity index (χ1) is 11.6. The van der Waals surface area contributed by atoms with Gasteiger partial charge in [-0.15, -0.1) is 0 Å². The number of carbonyl (C=O) groups is 2. The van der Waals surface area contributed by atoms with Crippen LogP contribution < -0.4 is 5.32 Å². The summed E-state index contributed by atoms with van der Waals surface area (Å²) in [6.45, 7) is 1.54. The summed E-state index contributed by atoms with van der Waals surface area (Å²) in [4.78, 5) is 26.5. The van der Waals surface area contributed by atoms with Crippen LogP contribution in [0.3, 0.4) is 0 Å². The highest BCUT2D eigenvalue weighted by Crippen LogP contribution is 2.20. The molecule has 1 saturated heterocycles. The highest BCUT2D eigenvalue weighted by Gasteiger charge is 2.27. The highest BCUT2D eigenvalue weighted by atomic mass is 35.5. The number of carbonyl (C=O) groups excluding carboxylic acids is 2. The Balaban J connectivity index is 1.50. The van der Waals surface area contributed by atoms with Gasteiger partial charge in [-0.2, -0.15) is 0 Å². The number of furan rings is 1. The molecule has 0 bridgehead atoms. The molecule has 0 aliphatic carbocycles. The van der Waals surface area contributed by atoms with Crippen LogP contribution in [0.1, 0.15) is 29.0 Å². The van der Waals surface area contributed by atoms with Gasteiger partial charge in [-0.3, -0.25) is 9.59 Å². The molecule has 6 heteroatoms. The van der Waals surface area contributed by atoms with Gasteiger partial charge in [0, 0.05) is 29.6 Å². The maximum Gasteiger partial charge on any atom is 0.253 e. The SMILES string of the molecule is O=C(NCc1ccco1)C1CCN(C(=O)c2cccc(Cl)c2)CC1. The summed E-state index contributed by atoms with van der Waals surface area (Å²) < 4.78 is 5.20. The second-order valence-electron chi connectivity index (χ2n) is 5.87. The summed E-state index contributed by atoms with van der Waals surface area (Å²) in [7, 11) is 0. The molecule has 2 aromatic rings. The molecule has 126 valence electrons. The Hall–Kier alpha value is -2.27. The summed E-state index contributed by atoms with van der Waals surface area (Å²) in [5.74, 6) is 0.647. The monoisotopic (exact) mass is 346 g/mol. The third-order valence-electron chi connectivity index (χ3n) is 4.24. The van der Waals surface area contributed by atoms with E-state index in [0.717, 1.165) is 5.76 Å². The number of hydrogen-bond donors (Lipinski definition) is 1. The molecule has 5 nitrogen and oxygen atoms in total. The Bertz CT molecular complexity index is 707. The van der Waals surface area contributed by atoms with E-state index in [9.17, 15) is 9.59 Å². The summed E-state index contributed by atoms with van der Waals surface area (Å²) in [5.41, 5.74) is 0.586. The molecule has 0 radical (unpaired) electrons. The van der Waals surface area contributed by atoms with Crippen LogP contribution in [0, 0.1) is 5.92 Å². The summed E-state index contributed by atoms with van der Waals surface area (Å²) in [5, 5.41) is 3.43. The van der Waals surface area contributed by atoms with E-state index in [1.54, 1.807) is 41.5 Å². The van der Waals surface area contributed by atoms with Gasteiger partial charge in [-0.05, 0) is 43.2 Å². The van der Waals surface area contributed by atoms with E-state index in [1.165, 1.54) is 0 Å². The van der Waals surface area contributed by atoms with E-state index in [2.05, 4.69) is 5.32 Å². The lowest BCUT2D eigenvalue weighted by atomic mass is 9.95. The topological polar surface area (TPSA) is 62.6 Å². The molecule has 1 aliphatic rings. The number of rotatable bonds is 4. The second kappa shape index (κ2) is 7.53. The first kappa shape index (κ1) is 16.6. The molecule has 2 heterocycles. The molecule has 1 aromatic carbocycles. The number of nitrogens with zero attached hydrogens (tertiary/aromatic N) is 1. The van der Waals surface area contributed by atoms with Crippen molar-refractivity contribution < 1.29 is 14.0 Å². The van der Waals surface area contributed by atoms with Gasteiger partial charge in [-0.25, -0.2) is 0 Å². The predicted octanol–water partition coefficient (Wildman–Crippen LogP) is 3.10. The van der Waals surface area contributed by atoms with Crippen LogP contribution in [0.5, 0.6) is 0 Å². The minimum atomic E-state index is -0.0663. The third-order valence-corrected chi connectivity index (χ3v) is 4.48. The van der Waals surface area contributed by atoms with E-state index in [1.807, 2.05) is 6.07 Å². The summed E-state index contributed by atoms with van der Waals surface area (Å²) in [6.07, 6.45) is 2.91. The molecule has 0 atom stereocenters. The number of halogens is 1. The first-order valence-corrected chi connectivity index (χ1v) is 8.36. The Morgan fingerprint density at radius 1 is 1.21 bits per heavy atom. The molecule has 2 amide bonds. The normalized spacial score (nSPS) is 15.3. The smallest absolute Gasteiger partial charge is 0.253 e. The zero-order valence-electron chi connectivity index (χ0n) is 13.2. The molecule has 0 saturated carbocycles. The van der Waals surface area contributed by atoms with Crippen molar-refractivity contribution in [2.45, 2.75) is 19.4 Å². The van der Waals surface area contributed by atoms with Crippen LogP contribution in [0.25, 0.3) is 0 Å². The molecule has 1 aromatic heterocycles. The molecular weight excluding hydrogens is 328 g/mol. The fraction of sp³-hybridized carbons (Fsp3) is 0.333. The van der Waals surface area contributed by atoms with Gasteiger partial charge < -0.3 is 14.6 Å². The van der Waals surface area contributed by atoms with Gasteiger partial charge in [-0.1, -0.05) is 17.7 Å². The number of nitrogens with one attached hydrogen (secondary N) is 1. The molecule has 3 rings (SSSR count). The summed E-state index contributed by atoms with van der Waals surface area (Å²) >= 11 is 5.94. The van der Waals surface area contributed by atoms with Crippen molar-refractivity contribution in [3.63, 3.8) is 0 Å². The van der Waals surface area contributed by atoms with Crippen molar-refractivity contribution in [2.75, 3.05) is 13.1 Å². The Kier molecular flexibility index (Phi) is 5.20. The van der Waals surface area contributed by atoms with Crippen molar-refractivity contribution in [3.8, 4) is 0 Å². The van der Waals surface area contributed by atoms with Gasteiger partial charge in [0.25, 0.3) is 5.91 Å². The minimum absolute atomic E-state index is 0.0151. The lowest BCUT2D eigenvalue weighted by Crippen LogP contribution is -2.42. The van der Waals surface area contributed by atoms with Gasteiger partial charge >= 0.3 is 0 Å². The maximum absolute atomic E-state index is 12.5. The quantitative estimate of drug-likeness (QED) is 0.925. The lowest BCUT2D eigenvalue weighted by molar-refractivity contribution is -0.126. The van der Waals surface area contributed by atoms with Crippen LogP contribution >= 0.6 is 11.6 Å². The van der Waals surface area contributed by atoms with Crippen LogP contribution in [0.15, 0.2) is 47.1 Å². The first-order valence-electron chi connectivity index (χ1n) is 7.98. The number of amides is 2. The molecule has 1 N–H and O–H groups in total. The van der Waals surface area contributed by atoms with E-state index in [-0.39, 0.29) is 17.7 Å². The second-order valence-corrected chi connectivity index (χ2v) is 6.31. The average molecular weight is 347 g/mol. The fourth-order valence-electron chi connectivity index (χ4n) is 2.88.